The van der Waals surface area contributed by atoms with Gasteiger partial charge < -0.3 is 14.8 Å². The maximum atomic E-state index is 12.3. The molecule has 0 aliphatic rings. The summed E-state index contributed by atoms with van der Waals surface area (Å²) < 4.78 is 10.6. The largest absolute Gasteiger partial charge is 0.458 e. The number of ether oxygens (including phenoxy) is 2. The van der Waals surface area contributed by atoms with Crippen LogP contribution in [0.2, 0.25) is 0 Å². The number of unbranched alkanes of at least 4 members (excludes halogenated alkanes) is 4. The van der Waals surface area contributed by atoms with Crippen molar-refractivity contribution in [2.24, 2.45) is 0 Å². The van der Waals surface area contributed by atoms with Crippen molar-refractivity contribution in [3.63, 3.8) is 0 Å². The van der Waals surface area contributed by atoms with Crippen LogP contribution in [0.15, 0.2) is 0 Å². The summed E-state index contributed by atoms with van der Waals surface area (Å²) in [7, 11) is 0. The van der Waals surface area contributed by atoms with E-state index >= 15 is 0 Å². The molecule has 136 valence electrons. The van der Waals surface area contributed by atoms with Gasteiger partial charge in [-0.05, 0) is 48.0 Å². The molecule has 0 unspecified atom stereocenters. The van der Waals surface area contributed by atoms with Crippen molar-refractivity contribution in [2.75, 3.05) is 0 Å². The molecule has 0 aromatic heterocycles. The Morgan fingerprint density at radius 2 is 1.39 bits per heavy atom. The second kappa shape index (κ2) is 9.78. The number of nitrogens with one attached hydrogen (secondary N) is 1. The van der Waals surface area contributed by atoms with E-state index in [1.54, 1.807) is 20.8 Å². The van der Waals surface area contributed by atoms with Gasteiger partial charge in [0.05, 0.1) is 0 Å². The summed E-state index contributed by atoms with van der Waals surface area (Å²) in [6, 6.07) is -0.661. The molecule has 1 amide bonds. The van der Waals surface area contributed by atoms with Crippen LogP contribution in [0.3, 0.4) is 0 Å². The lowest BCUT2D eigenvalue weighted by Gasteiger charge is -2.26. The summed E-state index contributed by atoms with van der Waals surface area (Å²) in [6.07, 6.45) is 5.41. The molecular formula is C18H35NO4. The number of amides is 1. The monoisotopic (exact) mass is 329 g/mol. The van der Waals surface area contributed by atoms with Gasteiger partial charge >= 0.3 is 12.1 Å². The molecule has 0 spiro atoms. The second-order valence-electron chi connectivity index (χ2n) is 7.94. The minimum absolute atomic E-state index is 0.404. The predicted octanol–water partition coefficient (Wildman–Crippen LogP) is 4.58. The first-order valence-electron chi connectivity index (χ1n) is 8.67. The molecule has 0 radical (unpaired) electrons. The highest BCUT2D eigenvalue weighted by Gasteiger charge is 2.28. The lowest BCUT2D eigenvalue weighted by Crippen LogP contribution is -2.46. The van der Waals surface area contributed by atoms with E-state index in [0.29, 0.717) is 6.42 Å². The summed E-state index contributed by atoms with van der Waals surface area (Å²) >= 11 is 0. The van der Waals surface area contributed by atoms with E-state index in [1.807, 2.05) is 20.8 Å². The Hall–Kier alpha value is -1.26. The normalized spacial score (nSPS) is 13.3. The van der Waals surface area contributed by atoms with Gasteiger partial charge in [0.15, 0.2) is 0 Å². The van der Waals surface area contributed by atoms with Gasteiger partial charge in [-0.2, -0.15) is 0 Å². The molecule has 0 saturated heterocycles. The highest BCUT2D eigenvalue weighted by molar-refractivity contribution is 5.81. The Kier molecular flexibility index (Phi) is 9.25. The first-order chi connectivity index (χ1) is 10.4. The molecule has 1 atom stereocenters. The average Bonchev–Trinajstić information content (AvgIpc) is 2.32. The molecule has 0 bridgehead atoms. The molecule has 1 N–H and O–H groups in total. The second-order valence-corrected chi connectivity index (χ2v) is 7.94. The third-order valence-corrected chi connectivity index (χ3v) is 2.98. The summed E-state index contributed by atoms with van der Waals surface area (Å²) in [5.74, 6) is -0.404. The van der Waals surface area contributed by atoms with Crippen LogP contribution >= 0.6 is 0 Å². The fourth-order valence-electron chi connectivity index (χ4n) is 2.02. The van der Waals surface area contributed by atoms with Gasteiger partial charge in [0, 0.05) is 0 Å². The Bertz CT molecular complexity index is 366. The van der Waals surface area contributed by atoms with E-state index in [2.05, 4.69) is 12.2 Å². The van der Waals surface area contributed by atoms with Crippen molar-refractivity contribution in [1.82, 2.24) is 5.32 Å². The molecule has 23 heavy (non-hydrogen) atoms. The van der Waals surface area contributed by atoms with E-state index in [1.165, 1.54) is 12.8 Å². The van der Waals surface area contributed by atoms with Gasteiger partial charge in [-0.25, -0.2) is 9.59 Å². The van der Waals surface area contributed by atoms with Crippen molar-refractivity contribution in [3.05, 3.63) is 0 Å². The van der Waals surface area contributed by atoms with E-state index in [4.69, 9.17) is 9.47 Å². The number of alkyl carbamates (subject to hydrolysis) is 1. The van der Waals surface area contributed by atoms with Gasteiger partial charge in [-0.1, -0.05) is 39.0 Å². The van der Waals surface area contributed by atoms with Crippen LogP contribution in [-0.2, 0) is 14.3 Å². The minimum atomic E-state index is -0.661. The molecule has 0 saturated carbocycles. The van der Waals surface area contributed by atoms with Crippen LogP contribution in [0, 0.1) is 0 Å². The van der Waals surface area contributed by atoms with Gasteiger partial charge in [-0.15, -0.1) is 0 Å². The van der Waals surface area contributed by atoms with Crippen LogP contribution in [0.5, 0.6) is 0 Å². The standard InChI is InChI=1S/C18H35NO4/c1-8-9-10-11-12-13-14(15(20)22-17(2,3)4)19-16(21)23-18(5,6)7/h14H,8-13H2,1-7H3,(H,19,21)/t14-/m0/s1. The first kappa shape index (κ1) is 21.7. The van der Waals surface area contributed by atoms with E-state index in [0.717, 1.165) is 19.3 Å². The maximum Gasteiger partial charge on any atom is 0.408 e. The van der Waals surface area contributed by atoms with Crippen LogP contribution < -0.4 is 5.32 Å². The van der Waals surface area contributed by atoms with Gasteiger partial charge in [0.2, 0.25) is 0 Å². The van der Waals surface area contributed by atoms with E-state index in [9.17, 15) is 9.59 Å². The maximum absolute atomic E-state index is 12.3. The summed E-state index contributed by atoms with van der Waals surface area (Å²) in [6.45, 7) is 13.0. The van der Waals surface area contributed by atoms with Crippen molar-refractivity contribution >= 4 is 12.1 Å². The van der Waals surface area contributed by atoms with Crippen LogP contribution in [0.25, 0.3) is 0 Å². The number of hydrogen-bond donors (Lipinski definition) is 1. The van der Waals surface area contributed by atoms with Crippen molar-refractivity contribution in [3.8, 4) is 0 Å². The average molecular weight is 329 g/mol. The first-order valence-corrected chi connectivity index (χ1v) is 8.67. The quantitative estimate of drug-likeness (QED) is 0.523. The molecule has 0 rings (SSSR count). The highest BCUT2D eigenvalue weighted by atomic mass is 16.6. The van der Waals surface area contributed by atoms with Crippen LogP contribution in [0.4, 0.5) is 4.79 Å². The minimum Gasteiger partial charge on any atom is -0.458 e. The smallest absolute Gasteiger partial charge is 0.408 e. The lowest BCUT2D eigenvalue weighted by molar-refractivity contribution is -0.157. The van der Waals surface area contributed by atoms with Crippen LogP contribution in [-0.4, -0.2) is 29.3 Å². The highest BCUT2D eigenvalue weighted by Crippen LogP contribution is 2.14. The number of carbonyl (C=O) groups is 2. The number of rotatable bonds is 8. The molecule has 0 heterocycles. The SMILES string of the molecule is CCCCCCC[C@H](NC(=O)OC(C)(C)C)C(=O)OC(C)(C)C. The van der Waals surface area contributed by atoms with E-state index in [-0.39, 0.29) is 0 Å². The molecule has 0 aliphatic heterocycles. The molecule has 0 aromatic carbocycles. The van der Waals surface area contributed by atoms with Gasteiger partial charge in [0.25, 0.3) is 0 Å². The number of hydrogen-bond acceptors (Lipinski definition) is 4. The number of carbonyl (C=O) groups excluding carboxylic acids is 2. The molecular weight excluding hydrogens is 294 g/mol. The fourth-order valence-corrected chi connectivity index (χ4v) is 2.02. The summed E-state index contributed by atoms with van der Waals surface area (Å²) in [4.78, 5) is 24.2. The Labute approximate surface area is 141 Å². The molecule has 5 heteroatoms. The molecule has 5 nitrogen and oxygen atoms in total. The van der Waals surface area contributed by atoms with Crippen LogP contribution in [0.1, 0.15) is 87.0 Å². The zero-order chi connectivity index (χ0) is 18.1. The third kappa shape index (κ3) is 12.9. The zero-order valence-electron chi connectivity index (χ0n) is 16.0. The molecule has 0 fully saturated rings. The topological polar surface area (TPSA) is 64.6 Å². The predicted molar refractivity (Wildman–Crippen MR) is 92.4 cm³/mol. The van der Waals surface area contributed by atoms with Crippen molar-refractivity contribution in [1.29, 1.82) is 0 Å². The van der Waals surface area contributed by atoms with Gasteiger partial charge in [-0.3, -0.25) is 0 Å². The number of esters is 1. The Morgan fingerprint density at radius 3 is 1.87 bits per heavy atom. The van der Waals surface area contributed by atoms with Crippen molar-refractivity contribution < 1.29 is 19.1 Å². The van der Waals surface area contributed by atoms with Gasteiger partial charge in [0.1, 0.15) is 17.2 Å². The van der Waals surface area contributed by atoms with Crippen molar-refractivity contribution in [2.45, 2.75) is 104 Å². The molecule has 0 aromatic rings. The van der Waals surface area contributed by atoms with E-state index < -0.39 is 29.3 Å². The summed E-state index contributed by atoms with van der Waals surface area (Å²) in [5.41, 5.74) is -1.17. The fraction of sp³-hybridized carbons (Fsp3) is 0.889. The third-order valence-electron chi connectivity index (χ3n) is 2.98. The Morgan fingerprint density at radius 1 is 0.870 bits per heavy atom. The summed E-state index contributed by atoms with van der Waals surface area (Å²) in [5, 5.41) is 2.65. The lowest BCUT2D eigenvalue weighted by atomic mass is 10.1. The Balaban J connectivity index is 4.60. The molecule has 0 aliphatic carbocycles. The zero-order valence-corrected chi connectivity index (χ0v) is 16.0.